The molecule has 3 aromatic carbocycles. The molecule has 1 heterocycles. The minimum absolute atomic E-state index is 0.116. The number of nitrogens with one attached hydrogen (secondary N) is 2. The Morgan fingerprint density at radius 3 is 2.19 bits per heavy atom. The number of aromatic nitrogens is 2. The van der Waals surface area contributed by atoms with Crippen molar-refractivity contribution < 1.29 is 9.69 Å². The van der Waals surface area contributed by atoms with Gasteiger partial charge in [0.05, 0.1) is 26.2 Å². The summed E-state index contributed by atoms with van der Waals surface area (Å²) in [5, 5.41) is 7.88. The van der Waals surface area contributed by atoms with Gasteiger partial charge in [-0.05, 0) is 11.1 Å². The molecule has 4 aromatic rings. The van der Waals surface area contributed by atoms with E-state index in [9.17, 15) is 4.79 Å². The van der Waals surface area contributed by atoms with Crippen LogP contribution in [0, 0.1) is 0 Å². The monoisotopic (exact) mass is 425 g/mol. The summed E-state index contributed by atoms with van der Waals surface area (Å²) in [4.78, 5) is 14.6. The first-order valence-corrected chi connectivity index (χ1v) is 10.9. The van der Waals surface area contributed by atoms with E-state index in [-0.39, 0.29) is 5.91 Å². The topological polar surface area (TPSA) is 51.4 Å². The normalized spacial score (nSPS) is 11.0. The van der Waals surface area contributed by atoms with Crippen molar-refractivity contribution in [1.29, 1.82) is 0 Å². The van der Waals surface area contributed by atoms with Crippen LogP contribution in [0.4, 0.5) is 0 Å². The number of amides is 1. The summed E-state index contributed by atoms with van der Waals surface area (Å²) < 4.78 is 1.84. The van der Waals surface area contributed by atoms with Crippen LogP contribution in [-0.2, 0) is 19.6 Å². The molecule has 0 spiro atoms. The molecule has 0 radical (unpaired) electrons. The second kappa shape index (κ2) is 10.1. The molecule has 0 aliphatic rings. The van der Waals surface area contributed by atoms with Crippen LogP contribution < -0.4 is 10.2 Å². The van der Waals surface area contributed by atoms with Crippen LogP contribution in [0.25, 0.3) is 11.3 Å². The van der Waals surface area contributed by atoms with E-state index in [1.165, 1.54) is 10.5 Å². The molecule has 0 aliphatic carbocycles. The van der Waals surface area contributed by atoms with Crippen molar-refractivity contribution in [3.8, 4) is 11.3 Å². The Morgan fingerprint density at radius 2 is 1.50 bits per heavy atom. The van der Waals surface area contributed by atoms with E-state index in [0.717, 1.165) is 23.2 Å². The van der Waals surface area contributed by atoms with Crippen molar-refractivity contribution in [2.24, 2.45) is 0 Å². The van der Waals surface area contributed by atoms with Crippen LogP contribution in [0.5, 0.6) is 0 Å². The van der Waals surface area contributed by atoms with Crippen LogP contribution in [0.3, 0.4) is 0 Å². The molecule has 0 unspecified atom stereocenters. The van der Waals surface area contributed by atoms with Crippen molar-refractivity contribution in [3.63, 3.8) is 0 Å². The predicted octanol–water partition coefficient (Wildman–Crippen LogP) is 3.17. The number of quaternary nitrogens is 1. The van der Waals surface area contributed by atoms with Crippen molar-refractivity contribution in [3.05, 3.63) is 113 Å². The standard InChI is InChI=1S/C27H28N4O/c1-30(2)19-24-16-10-9-15-23(24)17-28-27(32)25-20-31(18-21-11-5-3-6-12-21)29-26(25)22-13-7-4-8-14-22/h3-16,20H,17-19H2,1-2H3,(H,28,32)/p+1. The molecule has 0 atom stereocenters. The number of carbonyl (C=O) groups excluding carboxylic acids is 1. The lowest BCUT2D eigenvalue weighted by atomic mass is 10.1. The van der Waals surface area contributed by atoms with Crippen molar-refractivity contribution >= 4 is 5.91 Å². The van der Waals surface area contributed by atoms with Gasteiger partial charge in [0.15, 0.2) is 0 Å². The van der Waals surface area contributed by atoms with Gasteiger partial charge in [-0.3, -0.25) is 9.48 Å². The molecule has 0 saturated carbocycles. The summed E-state index contributed by atoms with van der Waals surface area (Å²) in [6.07, 6.45) is 1.85. The summed E-state index contributed by atoms with van der Waals surface area (Å²) >= 11 is 0. The van der Waals surface area contributed by atoms with Crippen molar-refractivity contribution in [2.75, 3.05) is 14.1 Å². The maximum Gasteiger partial charge on any atom is 0.255 e. The first-order valence-electron chi connectivity index (χ1n) is 10.9. The second-order valence-electron chi connectivity index (χ2n) is 8.28. The van der Waals surface area contributed by atoms with Gasteiger partial charge in [0.1, 0.15) is 12.2 Å². The van der Waals surface area contributed by atoms with Gasteiger partial charge >= 0.3 is 0 Å². The van der Waals surface area contributed by atoms with E-state index in [4.69, 9.17) is 5.10 Å². The average Bonchev–Trinajstić information content (AvgIpc) is 3.23. The summed E-state index contributed by atoms with van der Waals surface area (Å²) in [6.45, 7) is 2.01. The minimum atomic E-state index is -0.116. The Labute approximate surface area is 189 Å². The molecule has 1 aromatic heterocycles. The van der Waals surface area contributed by atoms with Gasteiger partial charge < -0.3 is 10.2 Å². The van der Waals surface area contributed by atoms with Gasteiger partial charge in [0, 0.05) is 23.9 Å². The lowest BCUT2D eigenvalue weighted by Gasteiger charge is -2.13. The Kier molecular flexibility index (Phi) is 6.78. The summed E-state index contributed by atoms with van der Waals surface area (Å²) in [6, 6.07) is 28.3. The summed E-state index contributed by atoms with van der Waals surface area (Å²) in [7, 11) is 4.26. The van der Waals surface area contributed by atoms with Crippen molar-refractivity contribution in [2.45, 2.75) is 19.6 Å². The molecular weight excluding hydrogens is 396 g/mol. The summed E-state index contributed by atoms with van der Waals surface area (Å²) in [5.41, 5.74) is 5.74. The van der Waals surface area contributed by atoms with Gasteiger partial charge in [-0.25, -0.2) is 0 Å². The third kappa shape index (κ3) is 5.31. The fourth-order valence-corrected chi connectivity index (χ4v) is 3.80. The molecule has 0 bridgehead atoms. The van der Waals surface area contributed by atoms with E-state index in [1.54, 1.807) is 0 Å². The van der Waals surface area contributed by atoms with E-state index >= 15 is 0 Å². The SMILES string of the molecule is C[NH+](C)Cc1ccccc1CNC(=O)c1cn(Cc2ccccc2)nc1-c1ccccc1. The number of hydrogen-bond acceptors (Lipinski definition) is 2. The molecule has 5 nitrogen and oxygen atoms in total. The third-order valence-electron chi connectivity index (χ3n) is 5.34. The molecule has 0 fully saturated rings. The van der Waals surface area contributed by atoms with Gasteiger partial charge in [0.2, 0.25) is 0 Å². The molecule has 4 rings (SSSR count). The molecule has 5 heteroatoms. The zero-order valence-electron chi connectivity index (χ0n) is 18.6. The zero-order chi connectivity index (χ0) is 22.3. The largest absolute Gasteiger partial charge is 0.348 e. The highest BCUT2D eigenvalue weighted by molar-refractivity contribution is 5.99. The third-order valence-corrected chi connectivity index (χ3v) is 5.34. The van der Waals surface area contributed by atoms with E-state index in [2.05, 4.69) is 43.7 Å². The highest BCUT2D eigenvalue weighted by atomic mass is 16.1. The van der Waals surface area contributed by atoms with Crippen LogP contribution >= 0.6 is 0 Å². The number of hydrogen-bond donors (Lipinski definition) is 2. The average molecular weight is 426 g/mol. The zero-order valence-corrected chi connectivity index (χ0v) is 18.6. The van der Waals surface area contributed by atoms with E-state index in [0.29, 0.717) is 24.3 Å². The van der Waals surface area contributed by atoms with Crippen LogP contribution in [0.1, 0.15) is 27.0 Å². The highest BCUT2D eigenvalue weighted by Gasteiger charge is 2.18. The maximum atomic E-state index is 13.2. The lowest BCUT2D eigenvalue weighted by Crippen LogP contribution is -3.04. The lowest BCUT2D eigenvalue weighted by molar-refractivity contribution is -0.872. The fourth-order valence-electron chi connectivity index (χ4n) is 3.80. The maximum absolute atomic E-state index is 13.2. The minimum Gasteiger partial charge on any atom is -0.348 e. The van der Waals surface area contributed by atoms with E-state index < -0.39 is 0 Å². The molecule has 1 amide bonds. The molecule has 2 N–H and O–H groups in total. The smallest absolute Gasteiger partial charge is 0.255 e. The summed E-state index contributed by atoms with van der Waals surface area (Å²) in [5.74, 6) is -0.116. The molecule has 0 aliphatic heterocycles. The number of carbonyl (C=O) groups is 1. The number of benzene rings is 3. The first-order chi connectivity index (χ1) is 15.6. The van der Waals surface area contributed by atoms with Crippen LogP contribution in [0.15, 0.2) is 91.1 Å². The van der Waals surface area contributed by atoms with Crippen LogP contribution in [0.2, 0.25) is 0 Å². The van der Waals surface area contributed by atoms with Gasteiger partial charge in [-0.1, -0.05) is 84.9 Å². The molecule has 0 saturated heterocycles. The number of rotatable bonds is 8. The van der Waals surface area contributed by atoms with Crippen LogP contribution in [-0.4, -0.2) is 29.8 Å². The first kappa shape index (κ1) is 21.5. The molecular formula is C27H29N4O+. The van der Waals surface area contributed by atoms with Crippen molar-refractivity contribution in [1.82, 2.24) is 15.1 Å². The van der Waals surface area contributed by atoms with Gasteiger partial charge in [0.25, 0.3) is 5.91 Å². The molecule has 162 valence electrons. The second-order valence-corrected chi connectivity index (χ2v) is 8.28. The van der Waals surface area contributed by atoms with Gasteiger partial charge in [-0.15, -0.1) is 0 Å². The Hall–Kier alpha value is -3.70. The Bertz CT molecular complexity index is 1170. The Morgan fingerprint density at radius 1 is 0.875 bits per heavy atom. The Balaban J connectivity index is 1.58. The predicted molar refractivity (Wildman–Crippen MR) is 127 cm³/mol. The quantitative estimate of drug-likeness (QED) is 0.456. The fraction of sp³-hybridized carbons (Fsp3) is 0.185. The molecule has 32 heavy (non-hydrogen) atoms. The highest BCUT2D eigenvalue weighted by Crippen LogP contribution is 2.22. The van der Waals surface area contributed by atoms with Gasteiger partial charge in [-0.2, -0.15) is 5.10 Å². The number of nitrogens with zero attached hydrogens (tertiary/aromatic N) is 2. The van der Waals surface area contributed by atoms with E-state index in [1.807, 2.05) is 71.5 Å².